The third-order valence-electron chi connectivity index (χ3n) is 3.91. The summed E-state index contributed by atoms with van der Waals surface area (Å²) >= 11 is 0. The van der Waals surface area contributed by atoms with E-state index in [0.717, 1.165) is 5.56 Å². The van der Waals surface area contributed by atoms with Gasteiger partial charge in [0.2, 0.25) is 10.0 Å². The van der Waals surface area contributed by atoms with Crippen molar-refractivity contribution >= 4 is 16.0 Å². The van der Waals surface area contributed by atoms with E-state index >= 15 is 0 Å². The smallest absolute Gasteiger partial charge is 0.344 e. The van der Waals surface area contributed by atoms with E-state index in [9.17, 15) is 13.2 Å². The van der Waals surface area contributed by atoms with Crippen LogP contribution in [-0.2, 0) is 26.1 Å². The first kappa shape index (κ1) is 22.9. The minimum absolute atomic E-state index is 0.148. The van der Waals surface area contributed by atoms with Gasteiger partial charge in [-0.05, 0) is 70.3 Å². The van der Waals surface area contributed by atoms with Crippen molar-refractivity contribution in [3.8, 4) is 16.9 Å². The molecule has 2 aromatic rings. The zero-order chi connectivity index (χ0) is 21.7. The first-order chi connectivity index (χ1) is 13.6. The summed E-state index contributed by atoms with van der Waals surface area (Å²) in [5, 5.41) is 3.08. The van der Waals surface area contributed by atoms with Crippen molar-refractivity contribution in [3.05, 3.63) is 48.0 Å². The number of hydrogen-bond donors (Lipinski definition) is 2. The molecule has 0 amide bonds. The first-order valence-corrected chi connectivity index (χ1v) is 10.7. The number of ether oxygens (including phenoxy) is 2. The quantitative estimate of drug-likeness (QED) is 0.638. The highest BCUT2D eigenvalue weighted by atomic mass is 32.2. The van der Waals surface area contributed by atoms with Gasteiger partial charge in [-0.15, -0.1) is 0 Å². The van der Waals surface area contributed by atoms with Crippen molar-refractivity contribution in [3.63, 3.8) is 0 Å². The average molecular weight is 421 g/mol. The lowest BCUT2D eigenvalue weighted by atomic mass is 10.0. The maximum absolute atomic E-state index is 12.2. The van der Waals surface area contributed by atoms with E-state index in [2.05, 4.69) is 10.0 Å². The number of esters is 1. The van der Waals surface area contributed by atoms with Gasteiger partial charge in [-0.25, -0.2) is 17.9 Å². The standard InChI is InChI=1S/C21H28N2O5S/c1-21(2,3)28-20(24)14-27-19-10-9-15(13-22-4)11-18(19)16-7-6-8-17(12-16)29(25,26)23-5/h6-12,22-23H,13-14H2,1-5H3. The van der Waals surface area contributed by atoms with Gasteiger partial charge in [0.15, 0.2) is 6.61 Å². The monoisotopic (exact) mass is 420 g/mol. The zero-order valence-corrected chi connectivity index (χ0v) is 18.2. The van der Waals surface area contributed by atoms with Crippen molar-refractivity contribution in [2.24, 2.45) is 0 Å². The number of sulfonamides is 1. The first-order valence-electron chi connectivity index (χ1n) is 9.22. The highest BCUT2D eigenvalue weighted by molar-refractivity contribution is 7.89. The maximum atomic E-state index is 12.2. The summed E-state index contributed by atoms with van der Waals surface area (Å²) in [5.41, 5.74) is 1.75. The number of carbonyl (C=O) groups is 1. The van der Waals surface area contributed by atoms with Crippen LogP contribution in [0.5, 0.6) is 5.75 Å². The van der Waals surface area contributed by atoms with Crippen LogP contribution in [0.15, 0.2) is 47.4 Å². The Balaban J connectivity index is 2.40. The molecule has 29 heavy (non-hydrogen) atoms. The van der Waals surface area contributed by atoms with Crippen molar-refractivity contribution in [2.45, 2.75) is 37.8 Å². The number of hydrogen-bond acceptors (Lipinski definition) is 6. The highest BCUT2D eigenvalue weighted by Gasteiger charge is 2.18. The lowest BCUT2D eigenvalue weighted by Gasteiger charge is -2.20. The molecule has 7 nitrogen and oxygen atoms in total. The van der Waals surface area contributed by atoms with E-state index in [1.807, 2.05) is 19.2 Å². The molecular formula is C21H28N2O5S. The van der Waals surface area contributed by atoms with Crippen LogP contribution in [0.4, 0.5) is 0 Å². The third-order valence-corrected chi connectivity index (χ3v) is 5.33. The summed E-state index contributed by atoms with van der Waals surface area (Å²) < 4.78 is 37.7. The van der Waals surface area contributed by atoms with Gasteiger partial charge in [-0.1, -0.05) is 18.2 Å². The largest absolute Gasteiger partial charge is 0.481 e. The minimum atomic E-state index is -3.59. The van der Waals surface area contributed by atoms with Gasteiger partial charge >= 0.3 is 5.97 Å². The Labute approximate surface area is 172 Å². The molecule has 2 rings (SSSR count). The molecule has 2 N–H and O–H groups in total. The fourth-order valence-electron chi connectivity index (χ4n) is 2.70. The SMILES string of the molecule is CNCc1ccc(OCC(=O)OC(C)(C)C)c(-c2cccc(S(=O)(=O)NC)c2)c1. The van der Waals surface area contributed by atoms with Crippen LogP contribution in [0.25, 0.3) is 11.1 Å². The lowest BCUT2D eigenvalue weighted by Crippen LogP contribution is -2.27. The topological polar surface area (TPSA) is 93.7 Å². The normalized spacial score (nSPS) is 11.9. The predicted molar refractivity (Wildman–Crippen MR) is 112 cm³/mol. The van der Waals surface area contributed by atoms with E-state index < -0.39 is 21.6 Å². The fourth-order valence-corrected chi connectivity index (χ4v) is 3.47. The molecule has 0 radical (unpaired) electrons. The van der Waals surface area contributed by atoms with Gasteiger partial charge in [-0.3, -0.25) is 0 Å². The molecular weight excluding hydrogens is 392 g/mol. The van der Waals surface area contributed by atoms with Crippen LogP contribution in [0.1, 0.15) is 26.3 Å². The summed E-state index contributed by atoms with van der Waals surface area (Å²) in [5.74, 6) is -0.0102. The van der Waals surface area contributed by atoms with Crippen molar-refractivity contribution in [2.75, 3.05) is 20.7 Å². The molecule has 0 atom stereocenters. The zero-order valence-electron chi connectivity index (χ0n) is 17.4. The fraction of sp³-hybridized carbons (Fsp3) is 0.381. The molecule has 0 aliphatic carbocycles. The van der Waals surface area contributed by atoms with Crippen LogP contribution in [0.2, 0.25) is 0 Å². The molecule has 0 spiro atoms. The molecule has 0 aliphatic heterocycles. The Bertz CT molecular complexity index is 965. The molecule has 0 heterocycles. The van der Waals surface area contributed by atoms with Gasteiger partial charge in [0, 0.05) is 12.1 Å². The average Bonchev–Trinajstić information content (AvgIpc) is 2.66. The summed E-state index contributed by atoms with van der Waals surface area (Å²) in [7, 11) is -0.379. The molecule has 8 heteroatoms. The number of nitrogens with one attached hydrogen (secondary N) is 2. The number of benzene rings is 2. The second-order valence-electron chi connectivity index (χ2n) is 7.47. The van der Waals surface area contributed by atoms with E-state index in [0.29, 0.717) is 23.4 Å². The Hall–Kier alpha value is -2.42. The number of rotatable bonds is 8. The van der Waals surface area contributed by atoms with Crippen LogP contribution < -0.4 is 14.8 Å². The van der Waals surface area contributed by atoms with Crippen LogP contribution in [-0.4, -0.2) is 40.7 Å². The van der Waals surface area contributed by atoms with Crippen LogP contribution in [0, 0.1) is 0 Å². The molecule has 0 unspecified atom stereocenters. The summed E-state index contributed by atoms with van der Waals surface area (Å²) in [6.45, 7) is 5.75. The summed E-state index contributed by atoms with van der Waals surface area (Å²) in [6.07, 6.45) is 0. The maximum Gasteiger partial charge on any atom is 0.344 e. The second kappa shape index (κ2) is 9.39. The van der Waals surface area contributed by atoms with Gasteiger partial charge in [0.05, 0.1) is 4.90 Å². The number of carbonyl (C=O) groups excluding carboxylic acids is 1. The molecule has 0 fully saturated rings. The van der Waals surface area contributed by atoms with E-state index in [1.165, 1.54) is 13.1 Å². The second-order valence-corrected chi connectivity index (χ2v) is 9.36. The van der Waals surface area contributed by atoms with E-state index in [1.54, 1.807) is 45.0 Å². The highest BCUT2D eigenvalue weighted by Crippen LogP contribution is 2.32. The summed E-state index contributed by atoms with van der Waals surface area (Å²) in [4.78, 5) is 12.2. The van der Waals surface area contributed by atoms with Gasteiger partial charge in [0.1, 0.15) is 11.4 Å². The van der Waals surface area contributed by atoms with Crippen molar-refractivity contribution in [1.29, 1.82) is 0 Å². The molecule has 0 saturated carbocycles. The van der Waals surface area contributed by atoms with Crippen LogP contribution >= 0.6 is 0 Å². The predicted octanol–water partition coefficient (Wildman–Crippen LogP) is 2.70. The molecule has 158 valence electrons. The Morgan fingerprint density at radius 1 is 1.07 bits per heavy atom. The van der Waals surface area contributed by atoms with Crippen LogP contribution in [0.3, 0.4) is 0 Å². The molecule has 0 aromatic heterocycles. The summed E-state index contributed by atoms with van der Waals surface area (Å²) in [6, 6.07) is 12.1. The Morgan fingerprint density at radius 3 is 2.41 bits per heavy atom. The van der Waals surface area contributed by atoms with Gasteiger partial charge in [0.25, 0.3) is 0 Å². The van der Waals surface area contributed by atoms with Gasteiger partial charge < -0.3 is 14.8 Å². The molecule has 0 saturated heterocycles. The molecule has 0 bridgehead atoms. The minimum Gasteiger partial charge on any atom is -0.481 e. The lowest BCUT2D eigenvalue weighted by molar-refractivity contribution is -0.157. The van der Waals surface area contributed by atoms with Crippen molar-refractivity contribution < 1.29 is 22.7 Å². The van der Waals surface area contributed by atoms with E-state index in [4.69, 9.17) is 9.47 Å². The van der Waals surface area contributed by atoms with Crippen molar-refractivity contribution in [1.82, 2.24) is 10.0 Å². The third kappa shape index (κ3) is 6.56. The molecule has 2 aromatic carbocycles. The van der Waals surface area contributed by atoms with Gasteiger partial charge in [-0.2, -0.15) is 0 Å². The molecule has 0 aliphatic rings. The Kier molecular flexibility index (Phi) is 7.40. The van der Waals surface area contributed by atoms with E-state index in [-0.39, 0.29) is 11.5 Å². The Morgan fingerprint density at radius 2 is 1.79 bits per heavy atom.